The van der Waals surface area contributed by atoms with Gasteiger partial charge in [0.05, 0.1) is 18.8 Å². The first-order chi connectivity index (χ1) is 14.5. The number of likely N-dealkylation sites (tertiary alicyclic amines) is 1. The highest BCUT2D eigenvalue weighted by molar-refractivity contribution is 5.73. The number of hydrogen-bond acceptors (Lipinski definition) is 8. The SMILES string of the molecule is CCN1CCC[C@@H](Nc2nnc(-c3c(COC)cc4c(c3O)CCO4)n(C)c2=O)C1. The first-order valence-electron chi connectivity index (χ1n) is 10.5. The third kappa shape index (κ3) is 3.75. The zero-order chi connectivity index (χ0) is 21.3. The van der Waals surface area contributed by atoms with Crippen molar-refractivity contribution >= 4 is 5.82 Å². The van der Waals surface area contributed by atoms with E-state index in [1.165, 1.54) is 4.57 Å². The molecule has 30 heavy (non-hydrogen) atoms. The first kappa shape index (κ1) is 20.6. The number of hydrogen-bond donors (Lipinski definition) is 2. The molecule has 9 heteroatoms. The van der Waals surface area contributed by atoms with Crippen LogP contribution in [0.15, 0.2) is 10.9 Å². The molecule has 2 aromatic rings. The number of methoxy groups -OCH3 is 1. The third-order valence-corrected chi connectivity index (χ3v) is 5.94. The van der Waals surface area contributed by atoms with Crippen molar-refractivity contribution in [3.05, 3.63) is 27.5 Å². The summed E-state index contributed by atoms with van der Waals surface area (Å²) in [6, 6.07) is 2.02. The highest BCUT2D eigenvalue weighted by Crippen LogP contribution is 2.42. The fraction of sp³-hybridized carbons (Fsp3) is 0.571. The van der Waals surface area contributed by atoms with Gasteiger partial charge in [0.2, 0.25) is 5.82 Å². The number of aromatic hydroxyl groups is 1. The molecule has 2 aliphatic heterocycles. The number of benzene rings is 1. The molecule has 0 aliphatic carbocycles. The molecule has 0 bridgehead atoms. The molecule has 1 aromatic heterocycles. The quantitative estimate of drug-likeness (QED) is 0.732. The Balaban J connectivity index is 1.70. The van der Waals surface area contributed by atoms with Crippen molar-refractivity contribution in [3.8, 4) is 22.9 Å². The van der Waals surface area contributed by atoms with Crippen LogP contribution in [-0.4, -0.2) is 64.2 Å². The van der Waals surface area contributed by atoms with Crippen LogP contribution in [0, 0.1) is 0 Å². The number of piperidine rings is 1. The summed E-state index contributed by atoms with van der Waals surface area (Å²) in [5.41, 5.74) is 1.62. The number of likely N-dealkylation sites (N-methyl/N-ethyl adjacent to an activating group) is 1. The van der Waals surface area contributed by atoms with Gasteiger partial charge in [0, 0.05) is 38.7 Å². The molecule has 162 valence electrons. The molecular formula is C21H29N5O4. The van der Waals surface area contributed by atoms with E-state index in [4.69, 9.17) is 9.47 Å². The molecule has 2 aliphatic rings. The molecule has 0 amide bonds. The monoisotopic (exact) mass is 415 g/mol. The van der Waals surface area contributed by atoms with Crippen molar-refractivity contribution in [1.29, 1.82) is 0 Å². The van der Waals surface area contributed by atoms with Gasteiger partial charge < -0.3 is 24.8 Å². The van der Waals surface area contributed by atoms with Crippen LogP contribution in [0.25, 0.3) is 11.4 Å². The zero-order valence-electron chi connectivity index (χ0n) is 17.8. The van der Waals surface area contributed by atoms with Crippen LogP contribution in [-0.2, 0) is 24.8 Å². The lowest BCUT2D eigenvalue weighted by molar-refractivity contribution is 0.184. The van der Waals surface area contributed by atoms with Gasteiger partial charge in [-0.3, -0.25) is 9.36 Å². The van der Waals surface area contributed by atoms with Gasteiger partial charge in [0.15, 0.2) is 5.82 Å². The van der Waals surface area contributed by atoms with Gasteiger partial charge in [0.1, 0.15) is 11.5 Å². The molecule has 1 atom stereocenters. The second-order valence-electron chi connectivity index (χ2n) is 7.88. The fourth-order valence-electron chi connectivity index (χ4n) is 4.31. The average molecular weight is 415 g/mol. The fourth-order valence-corrected chi connectivity index (χ4v) is 4.31. The number of nitrogens with zero attached hydrogens (tertiary/aromatic N) is 4. The van der Waals surface area contributed by atoms with Crippen molar-refractivity contribution in [3.63, 3.8) is 0 Å². The minimum Gasteiger partial charge on any atom is -0.507 e. The Morgan fingerprint density at radius 3 is 3.00 bits per heavy atom. The van der Waals surface area contributed by atoms with E-state index in [9.17, 15) is 9.90 Å². The number of fused-ring (bicyclic) bond motifs is 1. The lowest BCUT2D eigenvalue weighted by Gasteiger charge is -2.32. The Labute approximate surface area is 175 Å². The van der Waals surface area contributed by atoms with Gasteiger partial charge in [-0.1, -0.05) is 6.92 Å². The molecule has 3 heterocycles. The molecule has 9 nitrogen and oxygen atoms in total. The molecule has 2 N–H and O–H groups in total. The Kier molecular flexibility index (Phi) is 5.92. The molecule has 0 spiro atoms. The summed E-state index contributed by atoms with van der Waals surface area (Å²) in [4.78, 5) is 15.4. The lowest BCUT2D eigenvalue weighted by Crippen LogP contribution is -2.43. The summed E-state index contributed by atoms with van der Waals surface area (Å²) in [7, 11) is 3.23. The highest BCUT2D eigenvalue weighted by atomic mass is 16.5. The van der Waals surface area contributed by atoms with E-state index in [1.807, 2.05) is 6.07 Å². The largest absolute Gasteiger partial charge is 0.507 e. The topological polar surface area (TPSA) is 102 Å². The van der Waals surface area contributed by atoms with E-state index in [0.717, 1.165) is 38.0 Å². The zero-order valence-corrected chi connectivity index (χ0v) is 17.8. The predicted octanol–water partition coefficient (Wildman–Crippen LogP) is 1.53. The Morgan fingerprint density at radius 2 is 2.23 bits per heavy atom. The first-order valence-corrected chi connectivity index (χ1v) is 10.5. The van der Waals surface area contributed by atoms with Crippen LogP contribution < -0.4 is 15.6 Å². The molecular weight excluding hydrogens is 386 g/mol. The summed E-state index contributed by atoms with van der Waals surface area (Å²) in [6.07, 6.45) is 2.69. The molecule has 1 aromatic carbocycles. The van der Waals surface area contributed by atoms with Gasteiger partial charge in [-0.05, 0) is 37.6 Å². The molecule has 0 radical (unpaired) electrons. The van der Waals surface area contributed by atoms with Crippen LogP contribution in [0.4, 0.5) is 5.82 Å². The van der Waals surface area contributed by atoms with Crippen molar-refractivity contribution < 1.29 is 14.6 Å². The molecule has 4 rings (SSSR count). The second kappa shape index (κ2) is 8.61. The minimum atomic E-state index is -0.270. The summed E-state index contributed by atoms with van der Waals surface area (Å²) in [6.45, 7) is 5.87. The smallest absolute Gasteiger partial charge is 0.296 e. The molecule has 0 unspecified atom stereocenters. The summed E-state index contributed by atoms with van der Waals surface area (Å²) < 4.78 is 12.3. The standard InChI is InChI=1S/C21H29N5O4/c1-4-26-8-5-6-14(11-26)22-19-21(28)25(2)20(24-23-19)17-13(12-29-3)10-16-15(18(17)27)7-9-30-16/h10,14,27H,4-9,11-12H2,1-3H3,(H,22,23)/t14-/m1/s1. The van der Waals surface area contributed by atoms with Crippen molar-refractivity contribution in [2.75, 3.05) is 38.7 Å². The second-order valence-corrected chi connectivity index (χ2v) is 7.88. The minimum absolute atomic E-state index is 0.0768. The van der Waals surface area contributed by atoms with Gasteiger partial charge in [0.25, 0.3) is 5.56 Å². The highest BCUT2D eigenvalue weighted by Gasteiger charge is 2.27. The number of phenols is 1. The number of nitrogens with one attached hydrogen (secondary N) is 1. The number of anilines is 1. The molecule has 1 saturated heterocycles. The van der Waals surface area contributed by atoms with Crippen LogP contribution in [0.5, 0.6) is 11.5 Å². The van der Waals surface area contributed by atoms with Crippen LogP contribution in [0.1, 0.15) is 30.9 Å². The molecule has 0 saturated carbocycles. The van der Waals surface area contributed by atoms with E-state index in [1.54, 1.807) is 14.2 Å². The summed E-state index contributed by atoms with van der Waals surface area (Å²) >= 11 is 0. The van der Waals surface area contributed by atoms with Gasteiger partial charge in [-0.2, -0.15) is 0 Å². The third-order valence-electron chi connectivity index (χ3n) is 5.94. The average Bonchev–Trinajstić information content (AvgIpc) is 3.22. The van der Waals surface area contributed by atoms with Crippen molar-refractivity contribution in [2.45, 2.75) is 38.8 Å². The number of phenolic OH excluding ortho intramolecular Hbond substituents is 1. The van der Waals surface area contributed by atoms with Gasteiger partial charge in [-0.25, -0.2) is 0 Å². The van der Waals surface area contributed by atoms with E-state index < -0.39 is 0 Å². The predicted molar refractivity (Wildman–Crippen MR) is 113 cm³/mol. The van der Waals surface area contributed by atoms with E-state index in [-0.39, 0.29) is 29.8 Å². The van der Waals surface area contributed by atoms with E-state index in [2.05, 4.69) is 27.3 Å². The van der Waals surface area contributed by atoms with Gasteiger partial charge in [-0.15, -0.1) is 10.2 Å². The van der Waals surface area contributed by atoms with E-state index >= 15 is 0 Å². The maximum atomic E-state index is 13.0. The van der Waals surface area contributed by atoms with Gasteiger partial charge >= 0.3 is 0 Å². The van der Waals surface area contributed by atoms with Crippen LogP contribution >= 0.6 is 0 Å². The van der Waals surface area contributed by atoms with Crippen LogP contribution in [0.2, 0.25) is 0 Å². The normalized spacial score (nSPS) is 18.8. The maximum Gasteiger partial charge on any atom is 0.296 e. The van der Waals surface area contributed by atoms with Crippen molar-refractivity contribution in [1.82, 2.24) is 19.7 Å². The lowest BCUT2D eigenvalue weighted by atomic mass is 10.00. The number of ether oxygens (including phenoxy) is 2. The van der Waals surface area contributed by atoms with E-state index in [0.29, 0.717) is 35.7 Å². The molecule has 1 fully saturated rings. The Bertz CT molecular complexity index is 990. The summed E-state index contributed by atoms with van der Waals surface area (Å²) in [5.74, 6) is 1.27. The number of rotatable bonds is 6. The maximum absolute atomic E-state index is 13.0. The number of aromatic nitrogens is 3. The summed E-state index contributed by atoms with van der Waals surface area (Å²) in [5, 5.41) is 22.7. The Hall–Kier alpha value is -2.65. The van der Waals surface area contributed by atoms with Crippen molar-refractivity contribution in [2.24, 2.45) is 7.05 Å². The Morgan fingerprint density at radius 1 is 1.40 bits per heavy atom. The van der Waals surface area contributed by atoms with Crippen LogP contribution in [0.3, 0.4) is 0 Å².